The van der Waals surface area contributed by atoms with Crippen LogP contribution < -0.4 is 19.9 Å². The molecule has 35 heavy (non-hydrogen) atoms. The van der Waals surface area contributed by atoms with Crippen molar-refractivity contribution >= 4 is 28.8 Å². The Hall–Kier alpha value is -3.83. The van der Waals surface area contributed by atoms with E-state index in [1.807, 2.05) is 67.2 Å². The summed E-state index contributed by atoms with van der Waals surface area (Å²) < 4.78 is 11.6. The normalized spacial score (nSPS) is 16.6. The molecule has 0 saturated carbocycles. The van der Waals surface area contributed by atoms with E-state index in [0.29, 0.717) is 23.9 Å². The minimum atomic E-state index is -0.372. The molecule has 0 bridgehead atoms. The average molecular weight is 475 g/mol. The highest BCUT2D eigenvalue weighted by Crippen LogP contribution is 2.40. The van der Waals surface area contributed by atoms with Crippen LogP contribution >= 0.6 is 0 Å². The van der Waals surface area contributed by atoms with E-state index in [-0.39, 0.29) is 36.2 Å². The molecule has 1 atom stereocenters. The molecule has 4 rings (SSSR count). The van der Waals surface area contributed by atoms with E-state index in [1.165, 1.54) is 0 Å². The van der Waals surface area contributed by atoms with E-state index in [1.54, 1.807) is 6.07 Å². The third kappa shape index (κ3) is 5.31. The smallest absolute Gasteiger partial charge is 0.224 e. The number of rotatable bonds is 8. The predicted octanol–water partition coefficient (Wildman–Crippen LogP) is 4.16. The van der Waals surface area contributed by atoms with Crippen molar-refractivity contribution in [1.29, 1.82) is 5.26 Å². The summed E-state index contributed by atoms with van der Waals surface area (Å²) in [6, 6.07) is 15.3. The summed E-state index contributed by atoms with van der Waals surface area (Å²) in [5.41, 5.74) is 3.43. The summed E-state index contributed by atoms with van der Waals surface area (Å²) in [4.78, 5) is 29.3. The van der Waals surface area contributed by atoms with Gasteiger partial charge in [0, 0.05) is 33.5 Å². The van der Waals surface area contributed by atoms with Crippen LogP contribution in [0.2, 0.25) is 0 Å². The molecule has 1 saturated heterocycles. The molecule has 182 valence electrons. The summed E-state index contributed by atoms with van der Waals surface area (Å²) >= 11 is 0. The lowest BCUT2D eigenvalue weighted by Crippen LogP contribution is -2.26. The van der Waals surface area contributed by atoms with Gasteiger partial charge in [-0.15, -0.1) is 0 Å². The SMILES string of the molecule is Cc1ccc(NC(=O)CCC(=O)C(C#N)=C2N(C)c3ccccc3N2C)c(OCC2CCCO2)c1. The Morgan fingerprint density at radius 3 is 2.49 bits per heavy atom. The van der Waals surface area contributed by atoms with E-state index in [2.05, 4.69) is 11.4 Å². The zero-order valence-corrected chi connectivity index (χ0v) is 20.3. The molecule has 8 nitrogen and oxygen atoms in total. The molecule has 1 N–H and O–H groups in total. The predicted molar refractivity (Wildman–Crippen MR) is 134 cm³/mol. The van der Waals surface area contributed by atoms with E-state index in [9.17, 15) is 14.9 Å². The summed E-state index contributed by atoms with van der Waals surface area (Å²) in [5.74, 6) is 0.403. The molecular formula is C27H30N4O4. The number of hydrogen-bond donors (Lipinski definition) is 1. The van der Waals surface area contributed by atoms with Crippen molar-refractivity contribution in [3.8, 4) is 11.8 Å². The zero-order valence-electron chi connectivity index (χ0n) is 20.3. The van der Waals surface area contributed by atoms with Gasteiger partial charge < -0.3 is 24.6 Å². The van der Waals surface area contributed by atoms with Crippen LogP contribution in [0, 0.1) is 18.3 Å². The Bertz CT molecular complexity index is 1160. The first-order valence-electron chi connectivity index (χ1n) is 11.8. The molecule has 2 aliphatic heterocycles. The van der Waals surface area contributed by atoms with Crippen molar-refractivity contribution in [1.82, 2.24) is 0 Å². The van der Waals surface area contributed by atoms with Gasteiger partial charge in [0.15, 0.2) is 5.78 Å². The molecule has 0 aromatic heterocycles. The minimum absolute atomic E-state index is 0.0370. The summed E-state index contributed by atoms with van der Waals surface area (Å²) in [6.45, 7) is 3.13. The fraction of sp³-hybridized carbons (Fsp3) is 0.370. The number of Topliss-reactive ketones (excluding diaryl/α,β-unsaturated/α-hetero) is 1. The average Bonchev–Trinajstić information content (AvgIpc) is 3.46. The third-order valence-corrected chi connectivity index (χ3v) is 6.29. The number of hydrogen-bond acceptors (Lipinski definition) is 7. The van der Waals surface area contributed by atoms with Crippen molar-refractivity contribution < 1.29 is 19.1 Å². The molecule has 0 spiro atoms. The van der Waals surface area contributed by atoms with Gasteiger partial charge in [0.1, 0.15) is 29.8 Å². The highest BCUT2D eigenvalue weighted by molar-refractivity contribution is 6.04. The lowest BCUT2D eigenvalue weighted by molar-refractivity contribution is -0.120. The van der Waals surface area contributed by atoms with Crippen molar-refractivity contribution in [2.75, 3.05) is 42.4 Å². The van der Waals surface area contributed by atoms with Gasteiger partial charge in [-0.1, -0.05) is 18.2 Å². The Morgan fingerprint density at radius 2 is 1.86 bits per heavy atom. The number of carbonyl (C=O) groups excluding carboxylic acids is 2. The maximum atomic E-state index is 13.0. The second-order valence-electron chi connectivity index (χ2n) is 8.83. The Kier molecular flexibility index (Phi) is 7.37. The highest BCUT2D eigenvalue weighted by atomic mass is 16.5. The van der Waals surface area contributed by atoms with Gasteiger partial charge in [0.25, 0.3) is 0 Å². The molecule has 0 radical (unpaired) electrons. The lowest BCUT2D eigenvalue weighted by atomic mass is 10.1. The lowest BCUT2D eigenvalue weighted by Gasteiger charge is -2.20. The standard InChI is InChI=1S/C27H30N4O4/c1-18-10-11-21(25(15-18)35-17-19-7-6-14-34-19)29-26(33)13-12-24(32)20(16-28)27-30(2)22-8-4-5-9-23(22)31(27)3/h4-5,8-11,15,19H,6-7,12-14,17H2,1-3H3,(H,29,33). The first kappa shape index (κ1) is 24.3. The van der Waals surface area contributed by atoms with Crippen LogP contribution in [-0.4, -0.2) is 45.1 Å². The Morgan fingerprint density at radius 1 is 1.14 bits per heavy atom. The van der Waals surface area contributed by atoms with Crippen molar-refractivity contribution in [3.63, 3.8) is 0 Å². The maximum Gasteiger partial charge on any atom is 0.224 e. The molecule has 2 heterocycles. The Balaban J connectivity index is 1.40. The van der Waals surface area contributed by atoms with Crippen molar-refractivity contribution in [3.05, 3.63) is 59.4 Å². The monoisotopic (exact) mass is 474 g/mol. The Labute approximate surface area is 205 Å². The summed E-state index contributed by atoms with van der Waals surface area (Å²) in [7, 11) is 3.65. The van der Waals surface area contributed by atoms with E-state index in [0.717, 1.165) is 36.4 Å². The number of nitrogens with one attached hydrogen (secondary N) is 1. The quantitative estimate of drug-likeness (QED) is 0.453. The molecule has 0 aliphatic carbocycles. The number of fused-ring (bicyclic) bond motifs is 1. The zero-order chi connectivity index (χ0) is 24.9. The number of nitriles is 1. The molecular weight excluding hydrogens is 444 g/mol. The summed E-state index contributed by atoms with van der Waals surface area (Å²) in [6.07, 6.45) is 1.93. The first-order valence-corrected chi connectivity index (χ1v) is 11.8. The number of para-hydroxylation sites is 2. The fourth-order valence-corrected chi connectivity index (χ4v) is 4.43. The highest BCUT2D eigenvalue weighted by Gasteiger charge is 2.31. The van der Waals surface area contributed by atoms with E-state index >= 15 is 0 Å². The van der Waals surface area contributed by atoms with Gasteiger partial charge >= 0.3 is 0 Å². The van der Waals surface area contributed by atoms with Gasteiger partial charge in [-0.2, -0.15) is 5.26 Å². The topological polar surface area (TPSA) is 94.9 Å². The number of ether oxygens (including phenoxy) is 2. The second kappa shape index (κ2) is 10.6. The van der Waals surface area contributed by atoms with Crippen LogP contribution in [0.1, 0.15) is 31.2 Å². The second-order valence-corrected chi connectivity index (χ2v) is 8.83. The minimum Gasteiger partial charge on any atom is -0.489 e. The third-order valence-electron chi connectivity index (χ3n) is 6.29. The maximum absolute atomic E-state index is 13.0. The number of carbonyl (C=O) groups is 2. The molecule has 8 heteroatoms. The first-order chi connectivity index (χ1) is 16.9. The number of nitrogens with zero attached hydrogens (tertiary/aromatic N) is 3. The van der Waals surface area contributed by atoms with Crippen LogP contribution in [0.4, 0.5) is 17.1 Å². The van der Waals surface area contributed by atoms with Crippen LogP contribution in [-0.2, 0) is 14.3 Å². The molecule has 2 aromatic rings. The number of allylic oxidation sites excluding steroid dienone is 1. The van der Waals surface area contributed by atoms with Crippen molar-refractivity contribution in [2.45, 2.75) is 38.7 Å². The van der Waals surface area contributed by atoms with E-state index in [4.69, 9.17) is 9.47 Å². The molecule has 2 aliphatic rings. The molecule has 1 fully saturated rings. The number of benzene rings is 2. The van der Waals surface area contributed by atoms with Crippen LogP contribution in [0.5, 0.6) is 5.75 Å². The molecule has 1 unspecified atom stereocenters. The van der Waals surface area contributed by atoms with Crippen LogP contribution in [0.25, 0.3) is 0 Å². The largest absolute Gasteiger partial charge is 0.489 e. The number of anilines is 3. The van der Waals surface area contributed by atoms with Crippen molar-refractivity contribution in [2.24, 2.45) is 0 Å². The van der Waals surface area contributed by atoms with Gasteiger partial charge in [-0.05, 0) is 49.6 Å². The van der Waals surface area contributed by atoms with Crippen LogP contribution in [0.3, 0.4) is 0 Å². The van der Waals surface area contributed by atoms with E-state index < -0.39 is 0 Å². The van der Waals surface area contributed by atoms with Gasteiger partial charge in [0.2, 0.25) is 5.91 Å². The molecule has 1 amide bonds. The van der Waals surface area contributed by atoms with Gasteiger partial charge in [-0.3, -0.25) is 9.59 Å². The number of ketones is 1. The fourth-order valence-electron chi connectivity index (χ4n) is 4.43. The number of aryl methyl sites for hydroxylation is 1. The summed E-state index contributed by atoms with van der Waals surface area (Å²) in [5, 5.41) is 12.6. The van der Waals surface area contributed by atoms with Crippen LogP contribution in [0.15, 0.2) is 53.9 Å². The van der Waals surface area contributed by atoms with Gasteiger partial charge in [0.05, 0.1) is 23.2 Å². The molecule has 2 aromatic carbocycles. The number of amides is 1. The van der Waals surface area contributed by atoms with Gasteiger partial charge in [-0.25, -0.2) is 0 Å².